The Labute approximate surface area is 212 Å². The molecule has 6 rings (SSSR count). The maximum atomic E-state index is 12.3. The molecule has 0 spiro atoms. The fraction of sp³-hybridized carbons (Fsp3) is 0.286. The van der Waals surface area contributed by atoms with E-state index in [1.807, 2.05) is 13.1 Å². The molecule has 4 nitrogen and oxygen atoms in total. The second kappa shape index (κ2) is 7.42. The number of rotatable bonds is 3. The van der Waals surface area contributed by atoms with Gasteiger partial charge in [0.1, 0.15) is 26.6 Å². The summed E-state index contributed by atoms with van der Waals surface area (Å²) in [4.78, 5) is 13.1. The van der Waals surface area contributed by atoms with E-state index in [2.05, 4.69) is 0 Å². The SMILES string of the molecule is [2H]C1([2H])N(c2ccc3c(c2)[Si](C)(C)C2=CC(=[N+]4C([2H])([2H])C([2H])([2H])C4([2H])[2H])C=CC2=C3c2ccccc2C(=O)O)C([2H])([2H])C1([2H])[2H]. The lowest BCUT2D eigenvalue weighted by molar-refractivity contribution is -0.582. The van der Waals surface area contributed by atoms with Gasteiger partial charge >= 0.3 is 5.97 Å². The molecule has 1 aliphatic carbocycles. The van der Waals surface area contributed by atoms with Crippen LogP contribution in [0.25, 0.3) is 5.57 Å². The first kappa shape index (κ1) is 11.3. The van der Waals surface area contributed by atoms with Crippen molar-refractivity contribution in [2.75, 3.05) is 30.9 Å². The second-order valence-electron chi connectivity index (χ2n) is 8.68. The van der Waals surface area contributed by atoms with Crippen LogP contribution in [0.2, 0.25) is 13.1 Å². The normalized spacial score (nSPS) is 35.1. The molecule has 0 atom stereocenters. The first-order valence-electron chi connectivity index (χ1n) is 16.6. The molecule has 3 heterocycles. The van der Waals surface area contributed by atoms with Crippen LogP contribution in [0.3, 0.4) is 0 Å². The Morgan fingerprint density at radius 3 is 2.64 bits per heavy atom. The van der Waals surface area contributed by atoms with Gasteiger partial charge in [0.25, 0.3) is 0 Å². The largest absolute Gasteiger partial charge is 0.478 e. The fourth-order valence-corrected chi connectivity index (χ4v) is 7.83. The number of aromatic carboxylic acids is 1. The lowest BCUT2D eigenvalue weighted by Gasteiger charge is -2.40. The summed E-state index contributed by atoms with van der Waals surface area (Å²) in [6.07, 6.45) is -0.857. The number of carboxylic acid groups (broad SMARTS) is 1. The number of fused-ring (bicyclic) bond motifs is 2. The molecule has 0 bridgehead atoms. The van der Waals surface area contributed by atoms with Crippen LogP contribution in [0.1, 0.15) is 50.7 Å². The molecule has 0 unspecified atom stereocenters. The number of carbonyl (C=O) groups is 1. The van der Waals surface area contributed by atoms with E-state index in [0.29, 0.717) is 32.7 Å². The number of carboxylic acids is 1. The molecule has 5 heteroatoms. The van der Waals surface area contributed by atoms with E-state index >= 15 is 0 Å². The summed E-state index contributed by atoms with van der Waals surface area (Å²) in [5.41, 5.74) is 2.32. The van der Waals surface area contributed by atoms with Gasteiger partial charge in [0, 0.05) is 41.8 Å². The summed E-state index contributed by atoms with van der Waals surface area (Å²) in [6, 6.07) is 11.1. The molecular formula is C28H29N2O2Si+. The first-order valence-corrected chi connectivity index (χ1v) is 13.6. The minimum absolute atomic E-state index is 0.00568. The van der Waals surface area contributed by atoms with Gasteiger partial charge in [0.15, 0.2) is 5.71 Å². The Bertz CT molecular complexity index is 1800. The number of benzene rings is 2. The van der Waals surface area contributed by atoms with Crippen LogP contribution in [0.4, 0.5) is 5.69 Å². The Morgan fingerprint density at radius 1 is 1.06 bits per heavy atom. The van der Waals surface area contributed by atoms with Crippen LogP contribution in [-0.4, -0.2) is 55.4 Å². The number of hydrogen-bond donors (Lipinski definition) is 1. The quantitative estimate of drug-likeness (QED) is 0.545. The zero-order valence-corrected chi connectivity index (χ0v) is 19.0. The fourth-order valence-electron chi connectivity index (χ4n) is 4.76. The highest BCUT2D eigenvalue weighted by atomic mass is 28.3. The van der Waals surface area contributed by atoms with Gasteiger partial charge < -0.3 is 10.0 Å². The summed E-state index contributed by atoms with van der Waals surface area (Å²) in [5.74, 6) is -1.18. The van der Waals surface area contributed by atoms with Crippen LogP contribution < -0.4 is 10.1 Å². The Hall–Kier alpha value is -3.18. The molecule has 4 aliphatic rings. The van der Waals surface area contributed by atoms with Gasteiger partial charge in [-0.2, -0.15) is 0 Å². The molecule has 0 aromatic heterocycles. The molecule has 0 amide bonds. The maximum Gasteiger partial charge on any atom is 0.336 e. The molecule has 2 fully saturated rings. The monoisotopic (exact) mass is 465 g/mol. The highest BCUT2D eigenvalue weighted by molar-refractivity contribution is 6.98. The smallest absolute Gasteiger partial charge is 0.336 e. The lowest BCUT2D eigenvalue weighted by Crippen LogP contribution is -2.50. The molecule has 33 heavy (non-hydrogen) atoms. The Kier molecular flexibility index (Phi) is 2.54. The van der Waals surface area contributed by atoms with E-state index in [9.17, 15) is 9.90 Å². The van der Waals surface area contributed by atoms with E-state index in [1.165, 1.54) is 18.2 Å². The van der Waals surface area contributed by atoms with E-state index < -0.39 is 52.8 Å². The second-order valence-corrected chi connectivity index (χ2v) is 13.0. The van der Waals surface area contributed by atoms with Gasteiger partial charge in [-0.1, -0.05) is 37.4 Å². The van der Waals surface area contributed by atoms with Crippen molar-refractivity contribution in [2.45, 2.75) is 25.8 Å². The molecule has 0 saturated carbocycles. The predicted octanol–water partition coefficient (Wildman–Crippen LogP) is 4.22. The Morgan fingerprint density at radius 2 is 1.85 bits per heavy atom. The topological polar surface area (TPSA) is 43.5 Å². The number of anilines is 1. The summed E-state index contributed by atoms with van der Waals surface area (Å²) in [7, 11) is -2.94. The minimum atomic E-state index is -2.94. The summed E-state index contributed by atoms with van der Waals surface area (Å²) in [6.45, 7) is -6.79. The third kappa shape index (κ3) is 3.10. The van der Waals surface area contributed by atoms with Crippen molar-refractivity contribution >= 4 is 36.2 Å². The molecule has 2 aromatic rings. The maximum absolute atomic E-state index is 12.3. The molecule has 166 valence electrons. The van der Waals surface area contributed by atoms with Crippen molar-refractivity contribution in [1.29, 1.82) is 0 Å². The lowest BCUT2D eigenvalue weighted by atomic mass is 9.87. The van der Waals surface area contributed by atoms with Gasteiger partial charge in [0.2, 0.25) is 0 Å². The molecule has 1 N–H and O–H groups in total. The third-order valence-electron chi connectivity index (χ3n) is 6.51. The average molecular weight is 466 g/mol. The summed E-state index contributed by atoms with van der Waals surface area (Å²) >= 11 is 0. The van der Waals surface area contributed by atoms with Crippen LogP contribution >= 0.6 is 0 Å². The van der Waals surface area contributed by atoms with Gasteiger partial charge in [0.05, 0.1) is 11.9 Å². The van der Waals surface area contributed by atoms with E-state index in [1.54, 1.807) is 42.5 Å². The molecule has 2 saturated heterocycles. The van der Waals surface area contributed by atoms with Crippen LogP contribution in [0.15, 0.2) is 71.5 Å². The highest BCUT2D eigenvalue weighted by Crippen LogP contribution is 2.43. The first-order chi connectivity index (χ1) is 20.5. The number of hydrogen-bond acceptors (Lipinski definition) is 2. The van der Waals surface area contributed by atoms with Crippen molar-refractivity contribution in [3.8, 4) is 0 Å². The summed E-state index contributed by atoms with van der Waals surface area (Å²) in [5, 5.41) is 11.4. The van der Waals surface area contributed by atoms with Crippen molar-refractivity contribution in [3.05, 3.63) is 88.2 Å². The number of allylic oxidation sites excluding steroid dienone is 5. The van der Waals surface area contributed by atoms with Gasteiger partial charge in [-0.3, -0.25) is 0 Å². The van der Waals surface area contributed by atoms with Crippen molar-refractivity contribution in [2.24, 2.45) is 0 Å². The van der Waals surface area contributed by atoms with Crippen molar-refractivity contribution < 1.29 is 30.9 Å². The van der Waals surface area contributed by atoms with Crippen molar-refractivity contribution in [1.82, 2.24) is 0 Å². The van der Waals surface area contributed by atoms with Gasteiger partial charge in [-0.05, 0) is 63.3 Å². The average Bonchev–Trinajstić information content (AvgIpc) is 2.93. The molecule has 2 aromatic carbocycles. The zero-order valence-electron chi connectivity index (χ0n) is 30.0. The van der Waals surface area contributed by atoms with Crippen LogP contribution in [-0.2, 0) is 0 Å². The third-order valence-corrected chi connectivity index (χ3v) is 10.0. The molecule has 3 aliphatic heterocycles. The minimum Gasteiger partial charge on any atom is -0.478 e. The standard InChI is InChI=1S/C28H28N2O2Si/c1-33(2)25-17-19(29-13-5-14-29)9-11-23(25)27(21-7-3-4-8-22(21)28(31)32)24-12-10-20(18-26(24)33)30-15-6-16-30/h3-4,7-12,17-18H,5-6,13-16H2,1-2H3/p+1/i5D2,6D2,13D2,14D2,15D2,16D2. The molecular weight excluding hydrogens is 424 g/mol. The van der Waals surface area contributed by atoms with E-state index in [4.69, 9.17) is 16.4 Å². The van der Waals surface area contributed by atoms with E-state index in [-0.39, 0.29) is 17.0 Å². The van der Waals surface area contributed by atoms with Gasteiger partial charge in [-0.15, -0.1) is 0 Å². The number of nitrogens with zero attached hydrogens (tertiary/aromatic N) is 2. The van der Waals surface area contributed by atoms with Crippen LogP contribution in [0.5, 0.6) is 0 Å². The van der Waals surface area contributed by atoms with Gasteiger partial charge in [-0.25, -0.2) is 9.37 Å². The predicted molar refractivity (Wildman–Crippen MR) is 137 cm³/mol. The van der Waals surface area contributed by atoms with Crippen molar-refractivity contribution in [3.63, 3.8) is 0 Å². The molecule has 0 radical (unpaired) electrons. The highest BCUT2D eigenvalue weighted by Gasteiger charge is 2.41. The zero-order chi connectivity index (χ0) is 33.5. The van der Waals surface area contributed by atoms with E-state index in [0.717, 1.165) is 9.48 Å². The summed E-state index contributed by atoms with van der Waals surface area (Å²) < 4.78 is 99.7. The van der Waals surface area contributed by atoms with Crippen LogP contribution in [0, 0.1) is 0 Å². The Balaban J connectivity index is 1.65.